The highest BCUT2D eigenvalue weighted by atomic mass is 32.2. The summed E-state index contributed by atoms with van der Waals surface area (Å²) in [6.45, 7) is -0.438. The zero-order valence-electron chi connectivity index (χ0n) is 34.6. The van der Waals surface area contributed by atoms with Crippen LogP contribution in [0.1, 0.15) is 28.0 Å². The first-order chi connectivity index (χ1) is 31.0. The molecule has 5 amide bonds. The van der Waals surface area contributed by atoms with Crippen molar-refractivity contribution < 1.29 is 37.1 Å². The average molecular weight is 898 g/mol. The van der Waals surface area contributed by atoms with Gasteiger partial charge in [0, 0.05) is 24.1 Å². The lowest BCUT2D eigenvalue weighted by atomic mass is 9.99. The van der Waals surface area contributed by atoms with Crippen molar-refractivity contribution in [2.45, 2.75) is 61.2 Å². The summed E-state index contributed by atoms with van der Waals surface area (Å²) in [6, 6.07) is 39.0. The Kier molecular flexibility index (Phi) is 15.0. The van der Waals surface area contributed by atoms with Crippen LogP contribution in [-0.2, 0) is 59.7 Å². The van der Waals surface area contributed by atoms with E-state index in [2.05, 4.69) is 26.0 Å². The summed E-state index contributed by atoms with van der Waals surface area (Å²) in [5.74, 6) is -3.36. The number of rotatable bonds is 11. The van der Waals surface area contributed by atoms with Gasteiger partial charge in [0.25, 0.3) is 21.8 Å². The molecule has 15 heteroatoms. The molecule has 328 valence electrons. The Balaban J connectivity index is 1.23. The highest BCUT2D eigenvalue weighted by molar-refractivity contribution is 7.90. The van der Waals surface area contributed by atoms with Gasteiger partial charge in [-0.2, -0.15) is 0 Å². The number of benzene rings is 5. The second-order valence-electron chi connectivity index (χ2n) is 15.3. The van der Waals surface area contributed by atoms with Crippen LogP contribution in [0.15, 0.2) is 162 Å². The molecule has 0 spiro atoms. The molecule has 0 saturated carbocycles. The molecular formula is C49H47N5O8S2. The number of amides is 5. The molecule has 4 atom stereocenters. The number of ether oxygens (including phenoxy) is 1. The van der Waals surface area contributed by atoms with Crippen molar-refractivity contribution in [1.29, 1.82) is 0 Å². The first-order valence-electron chi connectivity index (χ1n) is 20.7. The van der Waals surface area contributed by atoms with E-state index in [-0.39, 0.29) is 30.6 Å². The third-order valence-corrected chi connectivity index (χ3v) is 12.9. The normalized spacial score (nSPS) is 18.8. The molecule has 2 bridgehead atoms. The molecule has 8 rings (SSSR count). The third kappa shape index (κ3) is 12.5. The van der Waals surface area contributed by atoms with E-state index in [1.165, 1.54) is 35.6 Å². The number of aryl methyl sites for hydroxylation is 1. The number of fused-ring (bicyclic) bond motifs is 16. The minimum Gasteiger partial charge on any atom is -0.484 e. The second kappa shape index (κ2) is 21.3. The number of carbonyl (C=O) groups is 5. The first kappa shape index (κ1) is 44.9. The monoisotopic (exact) mass is 897 g/mol. The number of sulfonamides is 1. The van der Waals surface area contributed by atoms with E-state index in [9.17, 15) is 32.4 Å². The van der Waals surface area contributed by atoms with E-state index in [1.54, 1.807) is 30.3 Å². The SMILES string of the molecule is O=C1COc2ccc(cc2)CC(C(=O)NS(=O)(=O)c2ccccc2)NC(=O)C(CCc2ccccc2)NC(=O)C(Cc2ccc(-c3ccccc3)cc2)NC(=O)C(Cc2cccs2)N1. The summed E-state index contributed by atoms with van der Waals surface area (Å²) in [5.41, 5.74) is 4.05. The maximum Gasteiger partial charge on any atom is 0.264 e. The summed E-state index contributed by atoms with van der Waals surface area (Å²) >= 11 is 1.41. The molecule has 5 aromatic carbocycles. The number of nitrogens with one attached hydrogen (secondary N) is 5. The zero-order chi connectivity index (χ0) is 44.9. The largest absolute Gasteiger partial charge is 0.484 e. The molecule has 0 fully saturated rings. The standard InChI is InChI=1S/C49H47N5O8S2/c55-45-32-62-38-25-20-35(21-26-38)30-43(49(59)54-64(60,61)40-16-8-3-9-17-40)53-46(56)41(27-22-33-11-4-1-5-12-33)51-47(57)42(52-48(58)44(50-45)31-39-15-10-28-63-39)29-34-18-23-37(24-19-34)36-13-6-2-7-14-36/h1-21,23-26,28,41-44H,22,27,29-32H2,(H,50,55)(H,51,57)(H,52,58)(H,53,56)(H,54,59). The van der Waals surface area contributed by atoms with Crippen molar-refractivity contribution in [3.05, 3.63) is 179 Å². The Morgan fingerprint density at radius 3 is 1.86 bits per heavy atom. The van der Waals surface area contributed by atoms with Gasteiger partial charge in [-0.15, -0.1) is 11.3 Å². The Labute approximate surface area is 375 Å². The Morgan fingerprint density at radius 2 is 1.20 bits per heavy atom. The van der Waals surface area contributed by atoms with E-state index in [0.29, 0.717) is 23.3 Å². The molecule has 1 aromatic heterocycles. The number of hydrogen-bond donors (Lipinski definition) is 5. The molecular weight excluding hydrogens is 851 g/mol. The van der Waals surface area contributed by atoms with E-state index in [0.717, 1.165) is 21.6 Å². The number of carbonyl (C=O) groups excluding carboxylic acids is 5. The number of thiophene rings is 1. The predicted molar refractivity (Wildman–Crippen MR) is 244 cm³/mol. The van der Waals surface area contributed by atoms with Gasteiger partial charge in [-0.3, -0.25) is 24.0 Å². The van der Waals surface area contributed by atoms with Crippen LogP contribution in [0.2, 0.25) is 0 Å². The lowest BCUT2D eigenvalue weighted by Crippen LogP contribution is -2.59. The summed E-state index contributed by atoms with van der Waals surface area (Å²) in [4.78, 5) is 71.4. The smallest absolute Gasteiger partial charge is 0.264 e. The van der Waals surface area contributed by atoms with Crippen LogP contribution < -0.4 is 30.7 Å². The van der Waals surface area contributed by atoms with Gasteiger partial charge in [-0.05, 0) is 76.4 Å². The van der Waals surface area contributed by atoms with Crippen LogP contribution in [0, 0.1) is 0 Å². The van der Waals surface area contributed by atoms with Gasteiger partial charge in [-0.1, -0.05) is 121 Å². The van der Waals surface area contributed by atoms with Gasteiger partial charge >= 0.3 is 0 Å². The Bertz CT molecular complexity index is 2630. The molecule has 0 aliphatic carbocycles. The van der Waals surface area contributed by atoms with E-state index in [4.69, 9.17) is 4.74 Å². The lowest BCUT2D eigenvalue weighted by Gasteiger charge is -2.27. The molecule has 64 heavy (non-hydrogen) atoms. The minimum absolute atomic E-state index is 0.0127. The maximum absolute atomic E-state index is 14.6. The fraction of sp³-hybridized carbons (Fsp3) is 0.204. The van der Waals surface area contributed by atoms with Crippen LogP contribution in [0.4, 0.5) is 0 Å². The van der Waals surface area contributed by atoms with Crippen LogP contribution in [0.25, 0.3) is 11.1 Å². The van der Waals surface area contributed by atoms with Crippen molar-refractivity contribution in [2.75, 3.05) is 6.61 Å². The first-order valence-corrected chi connectivity index (χ1v) is 23.1. The predicted octanol–water partition coefficient (Wildman–Crippen LogP) is 4.91. The lowest BCUT2D eigenvalue weighted by molar-refractivity contribution is -0.134. The van der Waals surface area contributed by atoms with Crippen molar-refractivity contribution >= 4 is 50.9 Å². The quantitative estimate of drug-likeness (QED) is 0.114. The van der Waals surface area contributed by atoms with Gasteiger partial charge in [0.2, 0.25) is 17.7 Å². The van der Waals surface area contributed by atoms with Crippen LogP contribution >= 0.6 is 11.3 Å². The van der Waals surface area contributed by atoms with E-state index < -0.39 is 70.3 Å². The molecule has 4 unspecified atom stereocenters. The summed E-state index contributed by atoms with van der Waals surface area (Å²) < 4.78 is 34.5. The molecule has 2 aliphatic rings. The van der Waals surface area contributed by atoms with E-state index >= 15 is 0 Å². The van der Waals surface area contributed by atoms with Crippen LogP contribution in [0.3, 0.4) is 0 Å². The molecule has 2 aliphatic heterocycles. The van der Waals surface area contributed by atoms with Gasteiger partial charge < -0.3 is 26.0 Å². The van der Waals surface area contributed by atoms with Crippen molar-refractivity contribution in [2.24, 2.45) is 0 Å². The zero-order valence-corrected chi connectivity index (χ0v) is 36.3. The second-order valence-corrected chi connectivity index (χ2v) is 18.0. The maximum atomic E-state index is 14.6. The van der Waals surface area contributed by atoms with Crippen LogP contribution in [0.5, 0.6) is 5.75 Å². The highest BCUT2D eigenvalue weighted by Crippen LogP contribution is 2.21. The van der Waals surface area contributed by atoms with Gasteiger partial charge in [0.05, 0.1) is 4.90 Å². The van der Waals surface area contributed by atoms with Gasteiger partial charge in [0.15, 0.2) is 6.61 Å². The Morgan fingerprint density at radius 1 is 0.609 bits per heavy atom. The summed E-state index contributed by atoms with van der Waals surface area (Å²) in [5, 5.41) is 13.1. The fourth-order valence-corrected chi connectivity index (χ4v) is 9.00. The summed E-state index contributed by atoms with van der Waals surface area (Å²) in [6.07, 6.45) is 0.416. The topological polar surface area (TPSA) is 189 Å². The molecule has 5 N–H and O–H groups in total. The fourth-order valence-electron chi connectivity index (χ4n) is 7.20. The van der Waals surface area contributed by atoms with Crippen molar-refractivity contribution in [1.82, 2.24) is 26.0 Å². The van der Waals surface area contributed by atoms with Gasteiger partial charge in [-0.25, -0.2) is 13.1 Å². The van der Waals surface area contributed by atoms with Crippen LogP contribution in [-0.4, -0.2) is 68.7 Å². The minimum atomic E-state index is -4.34. The summed E-state index contributed by atoms with van der Waals surface area (Å²) in [7, 11) is -4.34. The highest BCUT2D eigenvalue weighted by Gasteiger charge is 2.33. The van der Waals surface area contributed by atoms with Crippen molar-refractivity contribution in [3.63, 3.8) is 0 Å². The van der Waals surface area contributed by atoms with Crippen molar-refractivity contribution in [3.8, 4) is 16.9 Å². The molecule has 0 radical (unpaired) electrons. The Hall–Kier alpha value is -7.10. The molecule has 3 heterocycles. The van der Waals surface area contributed by atoms with E-state index in [1.807, 2.05) is 102 Å². The third-order valence-electron chi connectivity index (χ3n) is 10.6. The molecule has 6 aromatic rings. The average Bonchev–Trinajstić information content (AvgIpc) is 3.83. The molecule has 0 saturated heterocycles. The van der Waals surface area contributed by atoms with Gasteiger partial charge in [0.1, 0.15) is 29.9 Å². The molecule has 13 nitrogen and oxygen atoms in total. The number of hydrogen-bond acceptors (Lipinski definition) is 9.